The molecule has 5 nitrogen and oxygen atoms in total. The molecule has 0 bridgehead atoms. The van der Waals surface area contributed by atoms with Crippen LogP contribution in [0.3, 0.4) is 0 Å². The molecule has 4 rings (SSSR count). The van der Waals surface area contributed by atoms with Crippen LogP contribution in [0.4, 0.5) is 0 Å². The molecule has 0 heterocycles. The fourth-order valence-corrected chi connectivity index (χ4v) is 19.1. The Morgan fingerprint density at radius 2 is 0.543 bits per heavy atom. The monoisotopic (exact) mass is 704 g/mol. The van der Waals surface area contributed by atoms with Gasteiger partial charge in [-0.3, -0.25) is 0 Å². The van der Waals surface area contributed by atoms with Crippen molar-refractivity contribution in [2.45, 2.75) is 0 Å². The van der Waals surface area contributed by atoms with Crippen LogP contribution in [-0.2, 0) is 1.47 Å². The summed E-state index contributed by atoms with van der Waals surface area (Å²) in [5.74, 6) is 3.35. The molecule has 0 radical (unpaired) electrons. The van der Waals surface area contributed by atoms with Crippen LogP contribution in [0.25, 0.3) is 0 Å². The number of hydrogen-bond acceptors (Lipinski definition) is 5. The fourth-order valence-electron chi connectivity index (χ4n) is 3.29. The van der Waals surface area contributed by atoms with Gasteiger partial charge in [-0.25, -0.2) is 0 Å². The molecular formula is C28H28O5Te2+2. The van der Waals surface area contributed by atoms with Crippen molar-refractivity contribution in [1.29, 1.82) is 0 Å². The maximum atomic E-state index is 7.27. The summed E-state index contributed by atoms with van der Waals surface area (Å²) in [6.45, 7) is 0. The summed E-state index contributed by atoms with van der Waals surface area (Å²) in [5, 5.41) is 0. The van der Waals surface area contributed by atoms with E-state index in [0.717, 1.165) is 23.0 Å². The third kappa shape index (κ3) is 6.44. The van der Waals surface area contributed by atoms with Crippen LogP contribution in [0.15, 0.2) is 97.1 Å². The van der Waals surface area contributed by atoms with Crippen molar-refractivity contribution in [3.05, 3.63) is 97.1 Å². The van der Waals surface area contributed by atoms with Gasteiger partial charge in [-0.15, -0.1) is 0 Å². The van der Waals surface area contributed by atoms with Crippen LogP contribution < -0.4 is 33.4 Å². The molecule has 180 valence electrons. The van der Waals surface area contributed by atoms with Crippen LogP contribution in [-0.4, -0.2) is 68.4 Å². The van der Waals surface area contributed by atoms with E-state index in [9.17, 15) is 0 Å². The zero-order valence-electron chi connectivity index (χ0n) is 20.1. The summed E-state index contributed by atoms with van der Waals surface area (Å²) in [5.41, 5.74) is 0. The number of rotatable bonds is 10. The van der Waals surface area contributed by atoms with E-state index in [1.807, 2.05) is 48.5 Å². The zero-order chi connectivity index (χ0) is 24.6. The zero-order valence-corrected chi connectivity index (χ0v) is 24.8. The van der Waals surface area contributed by atoms with Crippen molar-refractivity contribution in [2.24, 2.45) is 0 Å². The van der Waals surface area contributed by atoms with Gasteiger partial charge >= 0.3 is 223 Å². The first-order valence-electron chi connectivity index (χ1n) is 10.9. The SMILES string of the molecule is COc1ccc([Te+](O[Te+](c2ccc(OC)cc2)c2ccc(OC)cc2)c2ccc(OC)cc2)cc1. The van der Waals surface area contributed by atoms with Gasteiger partial charge < -0.3 is 0 Å². The molecule has 0 amide bonds. The summed E-state index contributed by atoms with van der Waals surface area (Å²) < 4.78 is 33.8. The van der Waals surface area contributed by atoms with Crippen molar-refractivity contribution in [3.8, 4) is 23.0 Å². The number of benzene rings is 4. The number of hydrogen-bond donors (Lipinski definition) is 0. The first kappa shape index (κ1) is 25.7. The van der Waals surface area contributed by atoms with E-state index in [1.54, 1.807) is 28.4 Å². The van der Waals surface area contributed by atoms with Gasteiger partial charge in [0.15, 0.2) is 0 Å². The standard InChI is InChI=1S/C28H28O5Te2/c1-29-21-5-13-25(14-6-21)34(26-15-7-22(30-2)8-16-26)33-35(27-17-9-23(31-3)10-18-27)28-19-11-24(32-4)12-20-28/h5-20H,1-4H3/q+2. The van der Waals surface area contributed by atoms with Gasteiger partial charge in [0, 0.05) is 0 Å². The van der Waals surface area contributed by atoms with Crippen LogP contribution in [0, 0.1) is 0 Å². The van der Waals surface area contributed by atoms with Crippen molar-refractivity contribution in [2.75, 3.05) is 28.4 Å². The molecule has 0 aliphatic rings. The summed E-state index contributed by atoms with van der Waals surface area (Å²) in [7, 11) is 6.74. The molecule has 0 aromatic heterocycles. The summed E-state index contributed by atoms with van der Waals surface area (Å²) in [6.07, 6.45) is 0. The predicted molar refractivity (Wildman–Crippen MR) is 143 cm³/mol. The molecule has 7 heteroatoms. The predicted octanol–water partition coefficient (Wildman–Crippen LogP) is 2.65. The Labute approximate surface area is 221 Å². The summed E-state index contributed by atoms with van der Waals surface area (Å²) in [6, 6.07) is 33.2. The van der Waals surface area contributed by atoms with E-state index >= 15 is 0 Å². The molecule has 0 N–H and O–H groups in total. The van der Waals surface area contributed by atoms with Gasteiger partial charge in [0.2, 0.25) is 0 Å². The first-order chi connectivity index (χ1) is 17.1. The van der Waals surface area contributed by atoms with Crippen LogP contribution in [0.2, 0.25) is 0 Å². The second kappa shape index (κ2) is 12.5. The third-order valence-corrected chi connectivity index (χ3v) is 19.2. The van der Waals surface area contributed by atoms with Crippen molar-refractivity contribution < 1.29 is 20.4 Å². The van der Waals surface area contributed by atoms with Crippen LogP contribution >= 0.6 is 0 Å². The third-order valence-electron chi connectivity index (χ3n) is 5.23. The minimum absolute atomic E-state index is 0.837. The molecule has 0 fully saturated rings. The van der Waals surface area contributed by atoms with Gasteiger partial charge in [-0.1, -0.05) is 0 Å². The Morgan fingerprint density at radius 1 is 0.343 bits per heavy atom. The first-order valence-corrected chi connectivity index (χ1v) is 17.4. The summed E-state index contributed by atoms with van der Waals surface area (Å²) in [4.78, 5) is 0. The Morgan fingerprint density at radius 3 is 0.714 bits per heavy atom. The molecule has 35 heavy (non-hydrogen) atoms. The van der Waals surface area contributed by atoms with Crippen LogP contribution in [0.1, 0.15) is 0 Å². The van der Waals surface area contributed by atoms with Gasteiger partial charge in [0.1, 0.15) is 0 Å². The molecule has 0 saturated heterocycles. The average Bonchev–Trinajstić information content (AvgIpc) is 2.94. The van der Waals surface area contributed by atoms with E-state index in [4.69, 9.17) is 20.4 Å². The molecule has 0 spiro atoms. The minimum atomic E-state index is -2.45. The second-order valence-corrected chi connectivity index (χ2v) is 18.8. The number of ether oxygens (including phenoxy) is 4. The number of methoxy groups -OCH3 is 4. The van der Waals surface area contributed by atoms with Crippen LogP contribution in [0.5, 0.6) is 23.0 Å². The van der Waals surface area contributed by atoms with Crippen molar-refractivity contribution in [1.82, 2.24) is 0 Å². The van der Waals surface area contributed by atoms with E-state index < -0.39 is 39.9 Å². The molecule has 0 atom stereocenters. The van der Waals surface area contributed by atoms with Gasteiger partial charge in [-0.05, 0) is 0 Å². The van der Waals surface area contributed by atoms with Gasteiger partial charge in [0.05, 0.1) is 0 Å². The maximum absolute atomic E-state index is 7.27. The molecule has 0 unspecified atom stereocenters. The average molecular weight is 700 g/mol. The summed E-state index contributed by atoms with van der Waals surface area (Å²) >= 11 is -4.90. The molecule has 0 aliphatic heterocycles. The molecule has 4 aromatic rings. The van der Waals surface area contributed by atoms with E-state index in [0.29, 0.717) is 0 Å². The topological polar surface area (TPSA) is 46.2 Å². The second-order valence-electron chi connectivity index (χ2n) is 7.31. The fraction of sp³-hybridized carbons (Fsp3) is 0.143. The van der Waals surface area contributed by atoms with Crippen molar-refractivity contribution >= 4 is 54.4 Å². The Bertz CT molecular complexity index is 1000. The van der Waals surface area contributed by atoms with Gasteiger partial charge in [-0.2, -0.15) is 0 Å². The molecule has 0 aliphatic carbocycles. The normalized spacial score (nSPS) is 10.9. The molecular weight excluding hydrogens is 672 g/mol. The van der Waals surface area contributed by atoms with E-state index in [2.05, 4.69) is 48.5 Å². The Kier molecular flexibility index (Phi) is 9.21. The van der Waals surface area contributed by atoms with E-state index in [-0.39, 0.29) is 0 Å². The molecule has 4 aromatic carbocycles. The molecule has 0 saturated carbocycles. The van der Waals surface area contributed by atoms with Gasteiger partial charge in [0.25, 0.3) is 0 Å². The van der Waals surface area contributed by atoms with E-state index in [1.165, 1.54) is 14.4 Å². The quantitative estimate of drug-likeness (QED) is 0.239. The Balaban J connectivity index is 1.77. The van der Waals surface area contributed by atoms with Crippen molar-refractivity contribution in [3.63, 3.8) is 0 Å². The Hall–Kier alpha value is -2.38.